The van der Waals surface area contributed by atoms with Gasteiger partial charge in [0.05, 0.1) is 11.4 Å². The third-order valence-corrected chi connectivity index (χ3v) is 2.83. The Balaban J connectivity index is 2.57. The lowest BCUT2D eigenvalue weighted by Crippen LogP contribution is -2.38. The Hall–Kier alpha value is -1.84. The van der Waals surface area contributed by atoms with E-state index in [1.165, 1.54) is 0 Å². The van der Waals surface area contributed by atoms with Crippen molar-refractivity contribution in [3.8, 4) is 0 Å². The van der Waals surface area contributed by atoms with E-state index in [4.69, 9.17) is 10.8 Å². The van der Waals surface area contributed by atoms with Crippen molar-refractivity contribution in [3.05, 3.63) is 24.3 Å². The molecule has 0 unspecified atom stereocenters. The van der Waals surface area contributed by atoms with E-state index in [1.54, 1.807) is 11.8 Å². The van der Waals surface area contributed by atoms with Gasteiger partial charge in [-0.25, -0.2) is 0 Å². The van der Waals surface area contributed by atoms with Crippen LogP contribution >= 0.6 is 0 Å². The number of nitrogens with one attached hydrogen (secondary N) is 3. The van der Waals surface area contributed by atoms with Crippen molar-refractivity contribution in [3.63, 3.8) is 0 Å². The van der Waals surface area contributed by atoms with Gasteiger partial charge in [-0.15, -0.1) is 0 Å². The number of rotatable bonds is 0. The molecule has 0 atom stereocenters. The van der Waals surface area contributed by atoms with E-state index in [0.29, 0.717) is 18.1 Å². The van der Waals surface area contributed by atoms with Crippen molar-refractivity contribution in [2.45, 2.75) is 32.7 Å². The first kappa shape index (κ1) is 11.6. The maximum absolute atomic E-state index is 8.15. The number of nitrogens with zero attached hydrogens (tertiary/aromatic N) is 1. The number of hydrogen-bond donors (Lipinski definition) is 3. The van der Waals surface area contributed by atoms with Crippen molar-refractivity contribution in [1.82, 2.24) is 0 Å². The van der Waals surface area contributed by atoms with Gasteiger partial charge < -0.3 is 5.32 Å². The highest BCUT2D eigenvalue weighted by molar-refractivity contribution is 6.18. The Morgan fingerprint density at radius 1 is 1.35 bits per heavy atom. The van der Waals surface area contributed by atoms with Crippen LogP contribution in [0.15, 0.2) is 24.3 Å². The molecule has 0 saturated carbocycles. The first-order valence-electron chi connectivity index (χ1n) is 5.71. The summed E-state index contributed by atoms with van der Waals surface area (Å²) in [5.74, 6) is 0.835. The second kappa shape index (κ2) is 3.87. The molecule has 4 nitrogen and oxygen atoms in total. The molecule has 1 aliphatic heterocycles. The highest BCUT2D eigenvalue weighted by atomic mass is 15.2. The van der Waals surface area contributed by atoms with Gasteiger partial charge in [0.1, 0.15) is 11.7 Å². The second-order valence-electron chi connectivity index (χ2n) is 5.07. The number of hydrogen-bond acceptors (Lipinski definition) is 3. The lowest BCUT2D eigenvalue weighted by Gasteiger charge is -2.25. The van der Waals surface area contributed by atoms with Crippen LogP contribution in [-0.2, 0) is 0 Å². The molecule has 0 aromatic heterocycles. The van der Waals surface area contributed by atoms with Crippen LogP contribution < -0.4 is 10.2 Å². The molecule has 0 bridgehead atoms. The molecule has 0 amide bonds. The summed E-state index contributed by atoms with van der Waals surface area (Å²) in [5.41, 5.74) is 1.69. The highest BCUT2D eigenvalue weighted by Crippen LogP contribution is 2.33. The van der Waals surface area contributed by atoms with Gasteiger partial charge in [-0.05, 0) is 32.9 Å². The van der Waals surface area contributed by atoms with Crippen molar-refractivity contribution in [1.29, 1.82) is 10.8 Å². The molecule has 4 heteroatoms. The van der Waals surface area contributed by atoms with Gasteiger partial charge >= 0.3 is 0 Å². The van der Waals surface area contributed by atoms with Crippen molar-refractivity contribution in [2.75, 3.05) is 10.2 Å². The summed E-state index contributed by atoms with van der Waals surface area (Å²) in [6, 6.07) is 7.83. The minimum absolute atomic E-state index is 0.169. The van der Waals surface area contributed by atoms with Gasteiger partial charge in [0.15, 0.2) is 0 Å². The fourth-order valence-corrected chi connectivity index (χ4v) is 2.21. The molecule has 0 aliphatic carbocycles. The Bertz CT molecular complexity index is 476. The molecule has 17 heavy (non-hydrogen) atoms. The summed E-state index contributed by atoms with van der Waals surface area (Å²) in [6.07, 6.45) is 0.595. The molecule has 1 aliphatic rings. The summed E-state index contributed by atoms with van der Waals surface area (Å²) >= 11 is 0. The third-order valence-electron chi connectivity index (χ3n) is 2.83. The van der Waals surface area contributed by atoms with Gasteiger partial charge in [-0.2, -0.15) is 0 Å². The zero-order valence-electron chi connectivity index (χ0n) is 10.5. The molecule has 0 fully saturated rings. The van der Waals surface area contributed by atoms with E-state index in [9.17, 15) is 0 Å². The number of benzene rings is 1. The summed E-state index contributed by atoms with van der Waals surface area (Å²) in [6.45, 7) is 5.85. The van der Waals surface area contributed by atoms with Crippen LogP contribution in [0.25, 0.3) is 0 Å². The van der Waals surface area contributed by atoms with Crippen LogP contribution in [0.4, 0.5) is 11.4 Å². The first-order chi connectivity index (χ1) is 7.91. The van der Waals surface area contributed by atoms with E-state index < -0.39 is 0 Å². The van der Waals surface area contributed by atoms with Crippen molar-refractivity contribution >= 4 is 23.0 Å². The fraction of sp³-hybridized carbons (Fsp3) is 0.385. The molecule has 0 radical (unpaired) electrons. The molecular formula is C13H18N4. The highest BCUT2D eigenvalue weighted by Gasteiger charge is 2.30. The van der Waals surface area contributed by atoms with E-state index >= 15 is 0 Å². The minimum Gasteiger partial charge on any atom is -0.378 e. The number of amidine groups is 2. The zero-order valence-corrected chi connectivity index (χ0v) is 10.5. The summed E-state index contributed by atoms with van der Waals surface area (Å²) < 4.78 is 0. The largest absolute Gasteiger partial charge is 0.378 e. The SMILES string of the molecule is CC(=N)N1C(=N)CC(C)(C)Nc2ccccc21. The average Bonchev–Trinajstić information content (AvgIpc) is 2.28. The van der Waals surface area contributed by atoms with E-state index in [-0.39, 0.29) is 5.54 Å². The number of anilines is 2. The molecule has 1 heterocycles. The molecule has 0 saturated heterocycles. The fourth-order valence-electron chi connectivity index (χ4n) is 2.21. The smallest absolute Gasteiger partial charge is 0.108 e. The van der Waals surface area contributed by atoms with Crippen molar-refractivity contribution in [2.24, 2.45) is 0 Å². The second-order valence-corrected chi connectivity index (χ2v) is 5.07. The predicted octanol–water partition coefficient (Wildman–Crippen LogP) is 3.06. The van der Waals surface area contributed by atoms with Crippen LogP contribution in [0.1, 0.15) is 27.2 Å². The topological polar surface area (TPSA) is 63.0 Å². The van der Waals surface area contributed by atoms with Crippen LogP contribution in [0, 0.1) is 10.8 Å². The van der Waals surface area contributed by atoms with E-state index in [2.05, 4.69) is 19.2 Å². The molecular weight excluding hydrogens is 212 g/mol. The Labute approximate surface area is 102 Å². The molecule has 1 aromatic rings. The monoisotopic (exact) mass is 230 g/mol. The zero-order chi connectivity index (χ0) is 12.6. The van der Waals surface area contributed by atoms with Crippen LogP contribution in [0.5, 0.6) is 0 Å². The van der Waals surface area contributed by atoms with Gasteiger partial charge in [0.25, 0.3) is 0 Å². The summed E-state index contributed by atoms with van der Waals surface area (Å²) in [7, 11) is 0. The first-order valence-corrected chi connectivity index (χ1v) is 5.71. The normalized spacial score (nSPS) is 18.1. The molecule has 1 aromatic carbocycles. The predicted molar refractivity (Wildman–Crippen MR) is 72.4 cm³/mol. The van der Waals surface area contributed by atoms with Crippen LogP contribution in [0.3, 0.4) is 0 Å². The number of para-hydroxylation sites is 2. The molecule has 3 N–H and O–H groups in total. The third kappa shape index (κ3) is 2.16. The molecule has 0 spiro atoms. The maximum atomic E-state index is 8.15. The van der Waals surface area contributed by atoms with Gasteiger partial charge in [-0.1, -0.05) is 12.1 Å². The average molecular weight is 230 g/mol. The standard InChI is InChI=1S/C13H18N4/c1-9(14)17-11-7-5-4-6-10(11)16-13(2,3)8-12(17)15/h4-7,14-16H,8H2,1-3H3. The Kier molecular flexibility index (Phi) is 2.65. The van der Waals surface area contributed by atoms with Gasteiger partial charge in [0, 0.05) is 12.0 Å². The lowest BCUT2D eigenvalue weighted by molar-refractivity contribution is 0.593. The minimum atomic E-state index is -0.169. The molecule has 90 valence electrons. The van der Waals surface area contributed by atoms with Crippen LogP contribution in [-0.4, -0.2) is 17.2 Å². The van der Waals surface area contributed by atoms with Gasteiger partial charge in [-0.3, -0.25) is 15.7 Å². The lowest BCUT2D eigenvalue weighted by atomic mass is 10.00. The van der Waals surface area contributed by atoms with Crippen molar-refractivity contribution < 1.29 is 0 Å². The number of fused-ring (bicyclic) bond motifs is 1. The Morgan fingerprint density at radius 3 is 2.65 bits per heavy atom. The molecule has 2 rings (SSSR count). The Morgan fingerprint density at radius 2 is 2.00 bits per heavy atom. The summed E-state index contributed by atoms with van der Waals surface area (Å²) in [5, 5.41) is 19.4. The maximum Gasteiger partial charge on any atom is 0.108 e. The van der Waals surface area contributed by atoms with Crippen LogP contribution in [0.2, 0.25) is 0 Å². The summed E-state index contributed by atoms with van der Waals surface area (Å²) in [4.78, 5) is 1.69. The van der Waals surface area contributed by atoms with E-state index in [1.807, 2.05) is 24.3 Å². The quantitative estimate of drug-likeness (QED) is 0.474. The van der Waals surface area contributed by atoms with E-state index in [0.717, 1.165) is 11.4 Å². The van der Waals surface area contributed by atoms with Gasteiger partial charge in [0.2, 0.25) is 0 Å².